The molecule has 1 aliphatic carbocycles. The molecule has 0 saturated heterocycles. The minimum atomic E-state index is -3.55. The molecule has 0 bridgehead atoms. The van der Waals surface area contributed by atoms with Gasteiger partial charge in [0.2, 0.25) is 15.9 Å². The molecule has 1 aromatic carbocycles. The minimum Gasteiger partial charge on any atom is -0.349 e. The van der Waals surface area contributed by atoms with Crippen LogP contribution in [0.1, 0.15) is 49.0 Å². The highest BCUT2D eigenvalue weighted by molar-refractivity contribution is 7.89. The van der Waals surface area contributed by atoms with Crippen molar-refractivity contribution in [3.8, 4) is 0 Å². The number of hydrogen-bond donors (Lipinski definition) is 1. The number of fused-ring (bicyclic) bond motifs is 1. The maximum Gasteiger partial charge on any atom is 0.243 e. The van der Waals surface area contributed by atoms with Crippen molar-refractivity contribution in [3.05, 3.63) is 47.0 Å². The molecule has 0 spiro atoms. The van der Waals surface area contributed by atoms with E-state index >= 15 is 0 Å². The number of sulfonamides is 1. The van der Waals surface area contributed by atoms with Gasteiger partial charge in [-0.25, -0.2) is 13.4 Å². The molecule has 0 atom stereocenters. The summed E-state index contributed by atoms with van der Waals surface area (Å²) in [5, 5.41) is 2.97. The van der Waals surface area contributed by atoms with Crippen LogP contribution >= 0.6 is 0 Å². The number of nitrogens with one attached hydrogen (secondary N) is 1. The van der Waals surface area contributed by atoms with Crippen LogP contribution in [0.5, 0.6) is 0 Å². The maximum absolute atomic E-state index is 13.1. The molecule has 1 N–H and O–H groups in total. The minimum absolute atomic E-state index is 0.0944. The second-order valence-corrected chi connectivity index (χ2v) is 9.85. The number of rotatable bonds is 6. The largest absolute Gasteiger partial charge is 0.349 e. The Hall–Kier alpha value is -2.19. The number of benzene rings is 1. The van der Waals surface area contributed by atoms with Crippen molar-refractivity contribution in [2.24, 2.45) is 13.0 Å². The Morgan fingerprint density at radius 3 is 2.59 bits per heavy atom. The molecule has 0 radical (unpaired) electrons. The summed E-state index contributed by atoms with van der Waals surface area (Å²) in [4.78, 5) is 17.1. The van der Waals surface area contributed by atoms with Crippen molar-refractivity contribution < 1.29 is 13.2 Å². The molecule has 1 saturated carbocycles. The quantitative estimate of drug-likeness (QED) is 0.782. The van der Waals surface area contributed by atoms with E-state index in [1.807, 2.05) is 30.7 Å². The average Bonchev–Trinajstić information content (AvgIpc) is 3.00. The zero-order valence-electron chi connectivity index (χ0n) is 17.0. The summed E-state index contributed by atoms with van der Waals surface area (Å²) in [7, 11) is -1.66. The Kier molecular flexibility index (Phi) is 5.48. The highest BCUT2D eigenvalue weighted by atomic mass is 32.2. The van der Waals surface area contributed by atoms with Crippen molar-refractivity contribution in [1.82, 2.24) is 19.2 Å². The fourth-order valence-corrected chi connectivity index (χ4v) is 5.31. The summed E-state index contributed by atoms with van der Waals surface area (Å²) in [5.41, 5.74) is 2.94. The second kappa shape index (κ2) is 7.91. The van der Waals surface area contributed by atoms with E-state index in [9.17, 15) is 13.2 Å². The summed E-state index contributed by atoms with van der Waals surface area (Å²) in [6, 6.07) is 7.12. The van der Waals surface area contributed by atoms with Crippen LogP contribution in [-0.4, -0.2) is 34.7 Å². The SMILES string of the molecule is CCc1ccc(S(=O)(=O)N2CCc3nc(CNC(=O)C4CCC4)n(C)c3C2)cc1. The number of aryl methyl sites for hydroxylation is 1. The first-order valence-corrected chi connectivity index (χ1v) is 11.7. The van der Waals surface area contributed by atoms with Crippen molar-refractivity contribution in [2.45, 2.75) is 57.0 Å². The van der Waals surface area contributed by atoms with Gasteiger partial charge in [0.05, 0.1) is 29.4 Å². The number of imidazole rings is 1. The number of hydrogen-bond acceptors (Lipinski definition) is 4. The molecular weight excluding hydrogens is 388 g/mol. The van der Waals surface area contributed by atoms with Gasteiger partial charge in [-0.15, -0.1) is 0 Å². The van der Waals surface area contributed by atoms with Crippen LogP contribution in [0.2, 0.25) is 0 Å². The molecule has 0 unspecified atom stereocenters. The van der Waals surface area contributed by atoms with E-state index in [0.29, 0.717) is 31.0 Å². The zero-order chi connectivity index (χ0) is 20.6. The number of carbonyl (C=O) groups is 1. The van der Waals surface area contributed by atoms with E-state index in [1.54, 1.807) is 12.1 Å². The van der Waals surface area contributed by atoms with Gasteiger partial charge in [-0.3, -0.25) is 4.79 Å². The molecule has 1 fully saturated rings. The van der Waals surface area contributed by atoms with Gasteiger partial charge in [-0.1, -0.05) is 25.5 Å². The lowest BCUT2D eigenvalue weighted by atomic mass is 9.85. The first kappa shape index (κ1) is 20.1. The van der Waals surface area contributed by atoms with Crippen LogP contribution in [0.15, 0.2) is 29.2 Å². The molecule has 2 aliphatic rings. The Morgan fingerprint density at radius 2 is 1.97 bits per heavy atom. The molecule has 1 aliphatic heterocycles. The van der Waals surface area contributed by atoms with Crippen LogP contribution in [-0.2, 0) is 47.8 Å². The fraction of sp³-hybridized carbons (Fsp3) is 0.524. The van der Waals surface area contributed by atoms with Gasteiger partial charge in [0.15, 0.2) is 0 Å². The van der Waals surface area contributed by atoms with E-state index in [0.717, 1.165) is 48.5 Å². The predicted molar refractivity (Wildman–Crippen MR) is 110 cm³/mol. The second-order valence-electron chi connectivity index (χ2n) is 7.91. The van der Waals surface area contributed by atoms with Gasteiger partial charge < -0.3 is 9.88 Å². The van der Waals surface area contributed by atoms with E-state index < -0.39 is 10.0 Å². The van der Waals surface area contributed by atoms with Crippen molar-refractivity contribution >= 4 is 15.9 Å². The maximum atomic E-state index is 13.1. The molecule has 2 aromatic rings. The smallest absolute Gasteiger partial charge is 0.243 e. The number of aromatic nitrogens is 2. The normalized spacial score (nSPS) is 17.6. The predicted octanol–water partition coefficient (Wildman–Crippen LogP) is 2.15. The highest BCUT2D eigenvalue weighted by Gasteiger charge is 2.31. The summed E-state index contributed by atoms with van der Waals surface area (Å²) in [5.74, 6) is 1.01. The monoisotopic (exact) mass is 416 g/mol. The lowest BCUT2D eigenvalue weighted by Crippen LogP contribution is -2.36. The lowest BCUT2D eigenvalue weighted by molar-refractivity contribution is -0.127. The molecule has 4 rings (SSSR count). The van der Waals surface area contributed by atoms with Crippen LogP contribution in [0, 0.1) is 5.92 Å². The number of carbonyl (C=O) groups excluding carboxylic acids is 1. The van der Waals surface area contributed by atoms with Crippen LogP contribution < -0.4 is 5.32 Å². The third-order valence-electron chi connectivity index (χ3n) is 6.18. The summed E-state index contributed by atoms with van der Waals surface area (Å²) < 4.78 is 29.6. The van der Waals surface area contributed by atoms with Crippen molar-refractivity contribution in [1.29, 1.82) is 0 Å². The fourth-order valence-electron chi connectivity index (χ4n) is 3.91. The third-order valence-corrected chi connectivity index (χ3v) is 8.04. The van der Waals surface area contributed by atoms with Crippen LogP contribution in [0.3, 0.4) is 0 Å². The molecule has 2 heterocycles. The number of nitrogens with zero attached hydrogens (tertiary/aromatic N) is 3. The Bertz CT molecular complexity index is 1010. The van der Waals surface area contributed by atoms with Gasteiger partial charge in [0.1, 0.15) is 5.82 Å². The highest BCUT2D eigenvalue weighted by Crippen LogP contribution is 2.27. The van der Waals surface area contributed by atoms with Gasteiger partial charge in [-0.2, -0.15) is 4.31 Å². The van der Waals surface area contributed by atoms with Crippen molar-refractivity contribution in [3.63, 3.8) is 0 Å². The topological polar surface area (TPSA) is 84.3 Å². The van der Waals surface area contributed by atoms with E-state index in [2.05, 4.69) is 10.3 Å². The van der Waals surface area contributed by atoms with Gasteiger partial charge in [0.25, 0.3) is 0 Å². The molecular formula is C21H28N4O3S. The summed E-state index contributed by atoms with van der Waals surface area (Å²) >= 11 is 0. The van der Waals surface area contributed by atoms with Gasteiger partial charge >= 0.3 is 0 Å². The molecule has 8 heteroatoms. The third kappa shape index (κ3) is 3.83. The molecule has 7 nitrogen and oxygen atoms in total. The number of amides is 1. The molecule has 1 aromatic heterocycles. The average molecular weight is 417 g/mol. The first-order valence-electron chi connectivity index (χ1n) is 10.3. The summed E-state index contributed by atoms with van der Waals surface area (Å²) in [6.07, 6.45) is 4.51. The molecule has 156 valence electrons. The molecule has 1 amide bonds. The lowest BCUT2D eigenvalue weighted by Gasteiger charge is -2.26. The summed E-state index contributed by atoms with van der Waals surface area (Å²) in [6.45, 7) is 3.14. The Balaban J connectivity index is 1.48. The van der Waals surface area contributed by atoms with Crippen LogP contribution in [0.4, 0.5) is 0 Å². The van der Waals surface area contributed by atoms with Crippen LogP contribution in [0.25, 0.3) is 0 Å². The molecule has 29 heavy (non-hydrogen) atoms. The first-order chi connectivity index (χ1) is 13.9. The zero-order valence-corrected chi connectivity index (χ0v) is 17.8. The van der Waals surface area contributed by atoms with E-state index in [-0.39, 0.29) is 11.8 Å². The standard InChI is InChI=1S/C21H28N4O3S/c1-3-15-7-9-17(10-8-15)29(27,28)25-12-11-18-19(14-25)24(2)20(23-18)13-22-21(26)16-5-4-6-16/h7-10,16H,3-6,11-14H2,1-2H3,(H,22,26). The van der Waals surface area contributed by atoms with Gasteiger partial charge in [-0.05, 0) is 37.0 Å². The van der Waals surface area contributed by atoms with E-state index in [1.165, 1.54) is 4.31 Å². The Morgan fingerprint density at radius 1 is 1.24 bits per heavy atom. The Labute approximate surface area is 172 Å². The van der Waals surface area contributed by atoms with Crippen molar-refractivity contribution in [2.75, 3.05) is 6.54 Å². The van der Waals surface area contributed by atoms with Gasteiger partial charge in [0, 0.05) is 25.9 Å². The van der Waals surface area contributed by atoms with E-state index in [4.69, 9.17) is 0 Å².